The minimum absolute atomic E-state index is 0.472. The summed E-state index contributed by atoms with van der Waals surface area (Å²) in [5.74, 6) is 0. The normalized spacial score (nSPS) is 12.0. The second kappa shape index (κ2) is 1.10. The summed E-state index contributed by atoms with van der Waals surface area (Å²) in [5, 5.41) is 8.06. The molecule has 0 aliphatic carbocycles. The van der Waals surface area contributed by atoms with Crippen LogP contribution in [0.25, 0.3) is 0 Å². The Morgan fingerprint density at radius 1 is 1.60 bits per heavy atom. The van der Waals surface area contributed by atoms with Gasteiger partial charge in [0.25, 0.3) is 0 Å². The van der Waals surface area contributed by atoms with Gasteiger partial charge in [-0.3, -0.25) is 0 Å². The van der Waals surface area contributed by atoms with Crippen LogP contribution in [0, 0.1) is 0 Å². The minimum Gasteiger partial charge on any atom is -0.395 e. The van der Waals surface area contributed by atoms with Crippen molar-refractivity contribution in [2.24, 2.45) is 0 Å². The van der Waals surface area contributed by atoms with Crippen LogP contribution in [0.4, 0.5) is 0 Å². The van der Waals surface area contributed by atoms with Crippen molar-refractivity contribution in [1.29, 1.82) is 0 Å². The van der Waals surface area contributed by atoms with Crippen molar-refractivity contribution in [2.75, 3.05) is 0 Å². The molecule has 0 aromatic carbocycles. The van der Waals surface area contributed by atoms with Gasteiger partial charge in [0.05, 0.1) is 0 Å². The van der Waals surface area contributed by atoms with E-state index in [0.717, 1.165) is 0 Å². The first-order valence-corrected chi connectivity index (χ1v) is 2.28. The van der Waals surface area contributed by atoms with Crippen LogP contribution in [-0.4, -0.2) is 20.6 Å². The third-order valence-electron chi connectivity index (χ3n) is 0. The molecule has 0 aliphatic heterocycles. The first-order valence-electron chi connectivity index (χ1n) is 1.58. The zero-order valence-corrected chi connectivity index (χ0v) is 5.07. The Morgan fingerprint density at radius 2 is 1.60 bits per heavy atom. The van der Waals surface area contributed by atoms with E-state index >= 15 is 0 Å². The van der Waals surface area contributed by atoms with Crippen molar-refractivity contribution in [2.45, 2.75) is 19.1 Å². The molecule has 0 aromatic rings. The first kappa shape index (κ1) is 5.18. The summed E-state index contributed by atoms with van der Waals surface area (Å²) in [6.45, 7) is 3.51. The first-order chi connectivity index (χ1) is 2.00. The highest BCUT2D eigenvalue weighted by Gasteiger charge is 1.98. The Morgan fingerprint density at radius 3 is 1.60 bits per heavy atom. The van der Waals surface area contributed by atoms with E-state index in [-0.39, 0.29) is 0 Å². The summed E-state index contributed by atoms with van der Waals surface area (Å²) in [6.07, 6.45) is 0. The molecule has 0 aromatic heterocycles. The predicted octanol–water partition coefficient (Wildman–Crippen LogP) is -0.652. The second-order valence-electron chi connectivity index (χ2n) is 1.81. The summed E-state index contributed by atoms with van der Waals surface area (Å²) in [5.41, 5.74) is 0. The molecule has 0 heterocycles. The topological polar surface area (TPSA) is 20.2 Å². The number of aliphatic hydroxyl groups is 1. The lowest BCUT2D eigenvalue weighted by atomic mass is 10.5. The summed E-state index contributed by atoms with van der Waals surface area (Å²) < 4.78 is 0. The van der Waals surface area contributed by atoms with Crippen molar-refractivity contribution in [3.8, 4) is 0 Å². The van der Waals surface area contributed by atoms with Gasteiger partial charge in [-0.1, -0.05) is 0 Å². The van der Waals surface area contributed by atoms with Gasteiger partial charge in [0.2, 0.25) is 0 Å². The molecule has 0 spiro atoms. The Bertz CT molecular complexity index is 22.4. The van der Waals surface area contributed by atoms with E-state index in [4.69, 9.17) is 5.11 Å². The van der Waals surface area contributed by atoms with Crippen molar-refractivity contribution >= 4 is 10.2 Å². The minimum atomic E-state index is -0.472. The molecule has 0 atom stereocenters. The lowest BCUT2D eigenvalue weighted by molar-refractivity contribution is 0.170. The highest BCUT2D eigenvalue weighted by atomic mass is 28.1. The van der Waals surface area contributed by atoms with Gasteiger partial charge in [0.1, 0.15) is 0 Å². The van der Waals surface area contributed by atoms with Crippen molar-refractivity contribution in [3.05, 3.63) is 0 Å². The van der Waals surface area contributed by atoms with E-state index in [2.05, 4.69) is 0 Å². The van der Waals surface area contributed by atoms with E-state index in [0.29, 0.717) is 0 Å². The van der Waals surface area contributed by atoms with Crippen LogP contribution in [0.15, 0.2) is 0 Å². The Kier molecular flexibility index (Phi) is 1.14. The van der Waals surface area contributed by atoms with Crippen LogP contribution in [0.1, 0.15) is 13.8 Å². The standard InChI is InChI=1S/C3H9OSi/c1-3(2,4)5/h4H,5H2,1-2H3. The molecule has 0 rings (SSSR count). The third kappa shape index (κ3) is 633. The summed E-state index contributed by atoms with van der Waals surface area (Å²) in [6, 6.07) is 0. The van der Waals surface area contributed by atoms with Gasteiger partial charge in [-0.05, 0) is 13.8 Å². The van der Waals surface area contributed by atoms with E-state index in [1.54, 1.807) is 24.1 Å². The molecule has 2 heteroatoms. The maximum Gasteiger partial charge on any atom is 0.0498 e. The molecule has 0 saturated heterocycles. The number of hydrogen-bond acceptors (Lipinski definition) is 1. The molecule has 1 nitrogen and oxygen atoms in total. The molecule has 0 bridgehead atoms. The van der Waals surface area contributed by atoms with Crippen LogP contribution < -0.4 is 0 Å². The maximum atomic E-state index is 8.53. The number of rotatable bonds is 0. The van der Waals surface area contributed by atoms with Gasteiger partial charge < -0.3 is 5.11 Å². The summed E-state index contributed by atoms with van der Waals surface area (Å²) in [7, 11) is 1.57. The maximum absolute atomic E-state index is 8.53. The van der Waals surface area contributed by atoms with E-state index in [1.807, 2.05) is 0 Å². The molecule has 5 heavy (non-hydrogen) atoms. The highest BCUT2D eigenvalue weighted by molar-refractivity contribution is 6.13. The van der Waals surface area contributed by atoms with Crippen LogP contribution in [0.3, 0.4) is 0 Å². The van der Waals surface area contributed by atoms with Crippen LogP contribution in [0.5, 0.6) is 0 Å². The van der Waals surface area contributed by atoms with Gasteiger partial charge in [0, 0.05) is 15.5 Å². The van der Waals surface area contributed by atoms with Gasteiger partial charge in [-0.25, -0.2) is 0 Å². The molecular formula is C3H9OSi. The van der Waals surface area contributed by atoms with Crippen molar-refractivity contribution in [3.63, 3.8) is 0 Å². The van der Waals surface area contributed by atoms with E-state index in [9.17, 15) is 0 Å². The quantitative estimate of drug-likeness (QED) is 0.391. The smallest absolute Gasteiger partial charge is 0.0498 e. The van der Waals surface area contributed by atoms with Crippen LogP contribution >= 0.6 is 0 Å². The second-order valence-corrected chi connectivity index (χ2v) is 3.54. The zero-order chi connectivity index (χ0) is 4.50. The van der Waals surface area contributed by atoms with Gasteiger partial charge in [-0.2, -0.15) is 0 Å². The monoisotopic (exact) mass is 89.0 g/mol. The van der Waals surface area contributed by atoms with Crippen molar-refractivity contribution < 1.29 is 5.11 Å². The third-order valence-corrected chi connectivity index (χ3v) is 0. The molecule has 0 aliphatic rings. The Balaban J connectivity index is 3.02. The fourth-order valence-corrected chi connectivity index (χ4v) is 0. The number of hydrogen-bond donors (Lipinski definition) is 1. The lowest BCUT2D eigenvalue weighted by Crippen LogP contribution is -2.16. The molecule has 0 amide bonds. The summed E-state index contributed by atoms with van der Waals surface area (Å²) >= 11 is 0. The average molecular weight is 89.2 g/mol. The molecule has 0 saturated carbocycles. The molecular weight excluding hydrogens is 80.1 g/mol. The van der Waals surface area contributed by atoms with Crippen LogP contribution in [0.2, 0.25) is 0 Å². The van der Waals surface area contributed by atoms with Gasteiger partial charge in [0.15, 0.2) is 0 Å². The molecule has 1 N–H and O–H groups in total. The average Bonchev–Trinajstić information content (AvgIpc) is 0.722. The van der Waals surface area contributed by atoms with Gasteiger partial charge in [-0.15, -0.1) is 0 Å². The fourth-order valence-electron chi connectivity index (χ4n) is 0. The zero-order valence-electron chi connectivity index (χ0n) is 3.65. The lowest BCUT2D eigenvalue weighted by Gasteiger charge is -2.04. The van der Waals surface area contributed by atoms with E-state index < -0.39 is 5.22 Å². The van der Waals surface area contributed by atoms with E-state index in [1.165, 1.54) is 0 Å². The molecule has 0 fully saturated rings. The highest BCUT2D eigenvalue weighted by Crippen LogP contribution is 1.87. The Hall–Kier alpha value is 0.177. The Labute approximate surface area is 35.4 Å². The molecule has 31 valence electrons. The molecule has 1 radical (unpaired) electrons. The SMILES string of the molecule is CC(C)(O)[SiH2]. The summed E-state index contributed by atoms with van der Waals surface area (Å²) in [4.78, 5) is 0. The fraction of sp³-hybridized carbons (Fsp3) is 1.00. The van der Waals surface area contributed by atoms with Gasteiger partial charge >= 0.3 is 0 Å². The van der Waals surface area contributed by atoms with Crippen molar-refractivity contribution in [1.82, 2.24) is 0 Å². The molecule has 0 unspecified atom stereocenters. The predicted molar refractivity (Wildman–Crippen MR) is 24.8 cm³/mol. The largest absolute Gasteiger partial charge is 0.395 e. The van der Waals surface area contributed by atoms with Crippen LogP contribution in [-0.2, 0) is 0 Å².